The normalized spacial score (nSPS) is 22.6. The molecule has 0 unspecified atom stereocenters. The highest BCUT2D eigenvalue weighted by Crippen LogP contribution is 2.28. The Bertz CT molecular complexity index is 1200. The van der Waals surface area contributed by atoms with Gasteiger partial charge in [0.15, 0.2) is 6.23 Å². The fraction of sp³-hybridized carbons (Fsp3) is 0.333. The number of ether oxygens (including phenoxy) is 1. The lowest BCUT2D eigenvalue weighted by Crippen LogP contribution is -2.38. The number of anilines is 2. The molecule has 4 atom stereocenters. The van der Waals surface area contributed by atoms with Crippen LogP contribution >= 0.6 is 0 Å². The molecule has 1 saturated heterocycles. The Morgan fingerprint density at radius 1 is 1.21 bits per heavy atom. The SMILES string of the molecule is CC(=O)Nc1ccc(C(=O)NS(=O)(=O)OC[C@H]2O[C@@H](n3ccc(N)nc3=O)[C@H](O)[C@@H]2O)cc1. The summed E-state index contributed by atoms with van der Waals surface area (Å²) in [4.78, 5) is 38.6. The minimum Gasteiger partial charge on any atom is -0.387 e. The Balaban J connectivity index is 1.60. The van der Waals surface area contributed by atoms with Crippen molar-refractivity contribution in [1.82, 2.24) is 14.3 Å². The second-order valence-electron chi connectivity index (χ2n) is 7.02. The molecule has 0 bridgehead atoms. The van der Waals surface area contributed by atoms with Crippen molar-refractivity contribution in [2.45, 2.75) is 31.5 Å². The summed E-state index contributed by atoms with van der Waals surface area (Å²) in [5.41, 5.74) is 4.94. The first-order valence-electron chi connectivity index (χ1n) is 9.42. The lowest BCUT2D eigenvalue weighted by molar-refractivity contribution is -0.114. The quantitative estimate of drug-likeness (QED) is 0.293. The molecule has 1 aliphatic rings. The molecule has 2 heterocycles. The van der Waals surface area contributed by atoms with Crippen LogP contribution in [0.4, 0.5) is 11.5 Å². The first-order chi connectivity index (χ1) is 15.5. The number of amides is 2. The first kappa shape index (κ1) is 24.3. The van der Waals surface area contributed by atoms with E-state index in [1.807, 2.05) is 0 Å². The van der Waals surface area contributed by atoms with Gasteiger partial charge in [0, 0.05) is 24.4 Å². The zero-order chi connectivity index (χ0) is 24.3. The summed E-state index contributed by atoms with van der Waals surface area (Å²) >= 11 is 0. The van der Waals surface area contributed by atoms with Crippen LogP contribution in [0.2, 0.25) is 0 Å². The van der Waals surface area contributed by atoms with Gasteiger partial charge in [-0.1, -0.05) is 0 Å². The molecule has 0 spiro atoms. The fourth-order valence-corrected chi connectivity index (χ4v) is 3.70. The number of rotatable bonds is 7. The predicted molar refractivity (Wildman–Crippen MR) is 112 cm³/mol. The summed E-state index contributed by atoms with van der Waals surface area (Å²) in [5, 5.41) is 22.8. The van der Waals surface area contributed by atoms with Gasteiger partial charge in [-0.15, -0.1) is 0 Å². The zero-order valence-electron chi connectivity index (χ0n) is 17.1. The molecule has 33 heavy (non-hydrogen) atoms. The number of aromatic nitrogens is 2. The molecular weight excluding hydrogens is 462 g/mol. The lowest BCUT2D eigenvalue weighted by atomic mass is 10.1. The third-order valence-corrected chi connectivity index (χ3v) is 5.42. The highest BCUT2D eigenvalue weighted by atomic mass is 32.2. The van der Waals surface area contributed by atoms with Crippen molar-refractivity contribution in [2.75, 3.05) is 17.7 Å². The van der Waals surface area contributed by atoms with E-state index < -0.39 is 53.0 Å². The van der Waals surface area contributed by atoms with Crippen LogP contribution in [0.1, 0.15) is 23.5 Å². The van der Waals surface area contributed by atoms with Crippen LogP contribution in [0.3, 0.4) is 0 Å². The monoisotopic (exact) mass is 483 g/mol. The number of nitrogens with one attached hydrogen (secondary N) is 2. The maximum Gasteiger partial charge on any atom is 0.362 e. The Morgan fingerprint density at radius 2 is 1.88 bits per heavy atom. The van der Waals surface area contributed by atoms with E-state index in [0.29, 0.717) is 5.69 Å². The highest BCUT2D eigenvalue weighted by Gasteiger charge is 2.44. The molecule has 1 aliphatic heterocycles. The van der Waals surface area contributed by atoms with Crippen molar-refractivity contribution >= 4 is 33.6 Å². The van der Waals surface area contributed by atoms with Crippen molar-refractivity contribution < 1.29 is 37.1 Å². The number of benzene rings is 1. The number of nitrogen functional groups attached to an aromatic ring is 1. The molecule has 2 amide bonds. The maximum atomic E-state index is 12.2. The lowest BCUT2D eigenvalue weighted by Gasteiger charge is -2.16. The van der Waals surface area contributed by atoms with E-state index >= 15 is 0 Å². The third kappa shape index (κ3) is 5.91. The van der Waals surface area contributed by atoms with Gasteiger partial charge >= 0.3 is 16.0 Å². The molecule has 0 aliphatic carbocycles. The highest BCUT2D eigenvalue weighted by molar-refractivity contribution is 7.85. The van der Waals surface area contributed by atoms with Gasteiger partial charge in [0.25, 0.3) is 5.91 Å². The van der Waals surface area contributed by atoms with Crippen LogP contribution in [-0.2, 0) is 24.0 Å². The minimum atomic E-state index is -4.62. The van der Waals surface area contributed by atoms with Crippen molar-refractivity contribution in [3.8, 4) is 0 Å². The van der Waals surface area contributed by atoms with Crippen LogP contribution in [0.25, 0.3) is 0 Å². The van der Waals surface area contributed by atoms with E-state index in [0.717, 1.165) is 4.57 Å². The number of carbonyl (C=O) groups excluding carboxylic acids is 2. The molecule has 6 N–H and O–H groups in total. The van der Waals surface area contributed by atoms with Gasteiger partial charge in [-0.05, 0) is 30.3 Å². The Hall–Kier alpha value is -3.37. The van der Waals surface area contributed by atoms with E-state index in [9.17, 15) is 33.0 Å². The fourth-order valence-electron chi connectivity index (χ4n) is 2.98. The van der Waals surface area contributed by atoms with Crippen molar-refractivity contribution in [1.29, 1.82) is 0 Å². The molecule has 15 heteroatoms. The number of nitrogens with zero attached hydrogens (tertiary/aromatic N) is 2. The van der Waals surface area contributed by atoms with Gasteiger partial charge in [-0.25, -0.2) is 9.52 Å². The van der Waals surface area contributed by atoms with Gasteiger partial charge in [0.05, 0.1) is 6.61 Å². The molecular formula is C18H21N5O9S. The van der Waals surface area contributed by atoms with E-state index in [2.05, 4.69) is 10.3 Å². The van der Waals surface area contributed by atoms with Gasteiger partial charge in [-0.3, -0.25) is 18.3 Å². The number of carbonyl (C=O) groups is 2. The van der Waals surface area contributed by atoms with Gasteiger partial charge in [0.2, 0.25) is 5.91 Å². The zero-order valence-corrected chi connectivity index (χ0v) is 17.9. The number of hydrogen-bond donors (Lipinski definition) is 5. The molecule has 0 saturated carbocycles. The maximum absolute atomic E-state index is 12.2. The van der Waals surface area contributed by atoms with Crippen LogP contribution < -0.4 is 21.5 Å². The van der Waals surface area contributed by atoms with Crippen LogP contribution in [-0.4, -0.2) is 64.9 Å². The summed E-state index contributed by atoms with van der Waals surface area (Å²) < 4.78 is 36.9. The first-order valence-corrected chi connectivity index (χ1v) is 10.8. The molecule has 1 fully saturated rings. The molecule has 2 aromatic rings. The minimum absolute atomic E-state index is 0.0286. The number of hydrogen-bond acceptors (Lipinski definition) is 11. The van der Waals surface area contributed by atoms with E-state index in [1.165, 1.54) is 43.5 Å². The largest absolute Gasteiger partial charge is 0.387 e. The summed E-state index contributed by atoms with van der Waals surface area (Å²) in [5.74, 6) is -1.38. The standard InChI is InChI=1S/C18H21N5O9S/c1-9(24)20-11-4-2-10(3-5-11)16(27)22-33(29,30)31-8-12-14(25)15(26)17(32-12)23-7-6-13(19)21-18(23)28/h2-7,12,14-15,17,25-26H,8H2,1H3,(H,20,24)(H,22,27)(H2,19,21,28)/t12-,14-,15-,17-/m1/s1. The van der Waals surface area contributed by atoms with Crippen molar-refractivity contribution in [2.24, 2.45) is 0 Å². The molecule has 1 aromatic carbocycles. The Labute approximate surface area is 187 Å². The van der Waals surface area contributed by atoms with Crippen LogP contribution in [0, 0.1) is 0 Å². The van der Waals surface area contributed by atoms with E-state index in [-0.39, 0.29) is 17.3 Å². The molecule has 0 radical (unpaired) electrons. The smallest absolute Gasteiger partial charge is 0.362 e. The van der Waals surface area contributed by atoms with Gasteiger partial charge in [-0.2, -0.15) is 13.4 Å². The average molecular weight is 483 g/mol. The number of aliphatic hydroxyl groups excluding tert-OH is 2. The van der Waals surface area contributed by atoms with Crippen molar-refractivity contribution in [3.05, 3.63) is 52.6 Å². The third-order valence-electron chi connectivity index (χ3n) is 4.54. The Kier molecular flexibility index (Phi) is 7.09. The van der Waals surface area contributed by atoms with E-state index in [1.54, 1.807) is 4.72 Å². The summed E-state index contributed by atoms with van der Waals surface area (Å²) in [6.45, 7) is 0.539. The van der Waals surface area contributed by atoms with Gasteiger partial charge in [0.1, 0.15) is 24.1 Å². The van der Waals surface area contributed by atoms with Gasteiger partial charge < -0.3 is 26.0 Å². The average Bonchev–Trinajstić information content (AvgIpc) is 3.00. The predicted octanol–water partition coefficient (Wildman–Crippen LogP) is -1.91. The molecule has 178 valence electrons. The van der Waals surface area contributed by atoms with Crippen molar-refractivity contribution in [3.63, 3.8) is 0 Å². The van der Waals surface area contributed by atoms with Crippen LogP contribution in [0.15, 0.2) is 41.3 Å². The molecule has 1 aromatic heterocycles. The van der Waals surface area contributed by atoms with Crippen LogP contribution in [0.5, 0.6) is 0 Å². The number of aliphatic hydroxyl groups is 2. The summed E-state index contributed by atoms with van der Waals surface area (Å²) in [6, 6.07) is 6.67. The molecule has 14 nitrogen and oxygen atoms in total. The topological polar surface area (TPSA) is 212 Å². The second-order valence-corrected chi connectivity index (χ2v) is 8.36. The Morgan fingerprint density at radius 3 is 2.48 bits per heavy atom. The van der Waals surface area contributed by atoms with E-state index in [4.69, 9.17) is 14.7 Å². The summed E-state index contributed by atoms with van der Waals surface area (Å²) in [6.07, 6.45) is -4.72. The number of nitrogens with two attached hydrogens (primary N) is 1. The molecule has 3 rings (SSSR count). The second kappa shape index (κ2) is 9.63. The summed E-state index contributed by atoms with van der Waals surface area (Å²) in [7, 11) is -4.62.